The number of likely N-dealkylation sites (N-methyl/N-ethyl adjacent to an activating group) is 1. The minimum absolute atomic E-state index is 0.0101. The lowest BCUT2D eigenvalue weighted by Gasteiger charge is -2.15. The number of hydrogen-bond acceptors (Lipinski definition) is 3. The third kappa shape index (κ3) is 5.80. The highest BCUT2D eigenvalue weighted by atomic mass is 35.5. The van der Waals surface area contributed by atoms with Crippen molar-refractivity contribution in [3.8, 4) is 0 Å². The second-order valence-corrected chi connectivity index (χ2v) is 3.35. The van der Waals surface area contributed by atoms with Gasteiger partial charge >= 0.3 is 5.97 Å². The first-order valence-corrected chi connectivity index (χ1v) is 5.02. The second kappa shape index (κ2) is 7.62. The average Bonchev–Trinajstić information content (AvgIpc) is 2.17. The maximum Gasteiger partial charge on any atom is 0.325 e. The van der Waals surface area contributed by atoms with Crippen LogP contribution in [-0.2, 0) is 14.3 Å². The smallest absolute Gasteiger partial charge is 0.325 e. The van der Waals surface area contributed by atoms with E-state index in [9.17, 15) is 9.59 Å². The number of carbonyl (C=O) groups is 2. The number of carbonyl (C=O) groups excluding carboxylic acids is 2. The summed E-state index contributed by atoms with van der Waals surface area (Å²) >= 11 is 5.47. The van der Waals surface area contributed by atoms with Crippen LogP contribution in [-0.4, -0.2) is 43.4 Å². The quantitative estimate of drug-likeness (QED) is 0.382. The van der Waals surface area contributed by atoms with Gasteiger partial charge in [-0.1, -0.05) is 0 Å². The Bertz CT molecular complexity index is 196. The molecule has 0 aliphatic carbocycles. The molecule has 0 aromatic heterocycles. The molecule has 0 N–H and O–H groups in total. The molecular weight excluding hydrogens is 206 g/mol. The average molecular weight is 222 g/mol. The van der Waals surface area contributed by atoms with Gasteiger partial charge in [-0.3, -0.25) is 9.59 Å². The lowest BCUT2D eigenvalue weighted by atomic mass is 10.2. The van der Waals surface area contributed by atoms with E-state index in [1.54, 1.807) is 7.05 Å². The van der Waals surface area contributed by atoms with Crippen molar-refractivity contribution >= 4 is 23.5 Å². The highest BCUT2D eigenvalue weighted by Crippen LogP contribution is 2.00. The lowest BCUT2D eigenvalue weighted by molar-refractivity contribution is -0.146. The molecule has 0 saturated carbocycles. The molecule has 0 saturated heterocycles. The normalized spacial score (nSPS) is 9.64. The number of hydrogen-bond donors (Lipinski definition) is 0. The van der Waals surface area contributed by atoms with E-state index < -0.39 is 5.97 Å². The molecule has 0 fully saturated rings. The molecule has 0 bridgehead atoms. The van der Waals surface area contributed by atoms with Gasteiger partial charge in [0.25, 0.3) is 0 Å². The molecule has 0 rings (SSSR count). The van der Waals surface area contributed by atoms with Crippen LogP contribution in [0.4, 0.5) is 0 Å². The standard InChI is InChI=1S/C9H16ClNO3/c1-11(7-9(13)14-2)8(12)5-3-4-6-10/h3-7H2,1-2H3. The Morgan fingerprint density at radius 1 is 1.36 bits per heavy atom. The molecular formula is C9H16ClNO3. The molecule has 1 amide bonds. The van der Waals surface area contributed by atoms with E-state index in [2.05, 4.69) is 4.74 Å². The first kappa shape index (κ1) is 13.2. The number of nitrogens with zero attached hydrogens (tertiary/aromatic N) is 1. The number of methoxy groups -OCH3 is 1. The third-order valence-electron chi connectivity index (χ3n) is 1.79. The summed E-state index contributed by atoms with van der Waals surface area (Å²) < 4.78 is 4.44. The van der Waals surface area contributed by atoms with Gasteiger partial charge in [0, 0.05) is 19.3 Å². The molecule has 14 heavy (non-hydrogen) atoms. The van der Waals surface area contributed by atoms with E-state index in [0.717, 1.165) is 12.8 Å². The number of ether oxygens (including phenoxy) is 1. The van der Waals surface area contributed by atoms with Crippen LogP contribution < -0.4 is 0 Å². The number of esters is 1. The molecule has 0 aliphatic heterocycles. The summed E-state index contributed by atoms with van der Waals surface area (Å²) in [4.78, 5) is 23.5. The molecule has 82 valence electrons. The summed E-state index contributed by atoms with van der Waals surface area (Å²) in [7, 11) is 2.88. The summed E-state index contributed by atoms with van der Waals surface area (Å²) in [5.41, 5.74) is 0. The Morgan fingerprint density at radius 3 is 2.50 bits per heavy atom. The van der Waals surface area contributed by atoms with Crippen LogP contribution in [0.5, 0.6) is 0 Å². The fourth-order valence-corrected chi connectivity index (χ4v) is 1.10. The first-order valence-electron chi connectivity index (χ1n) is 4.48. The fourth-order valence-electron chi connectivity index (χ4n) is 0.908. The van der Waals surface area contributed by atoms with Gasteiger partial charge in [-0.15, -0.1) is 11.6 Å². The molecule has 0 atom stereocenters. The minimum atomic E-state index is -0.404. The van der Waals surface area contributed by atoms with Crippen molar-refractivity contribution in [2.45, 2.75) is 19.3 Å². The van der Waals surface area contributed by atoms with Gasteiger partial charge in [-0.2, -0.15) is 0 Å². The Balaban J connectivity index is 3.70. The van der Waals surface area contributed by atoms with Crippen LogP contribution in [0.25, 0.3) is 0 Å². The van der Waals surface area contributed by atoms with Crippen LogP contribution in [0.3, 0.4) is 0 Å². The topological polar surface area (TPSA) is 46.6 Å². The largest absolute Gasteiger partial charge is 0.468 e. The lowest BCUT2D eigenvalue weighted by Crippen LogP contribution is -2.32. The molecule has 0 heterocycles. The second-order valence-electron chi connectivity index (χ2n) is 2.97. The van der Waals surface area contributed by atoms with Crippen molar-refractivity contribution in [1.82, 2.24) is 4.90 Å². The van der Waals surface area contributed by atoms with Crippen molar-refractivity contribution in [3.63, 3.8) is 0 Å². The van der Waals surface area contributed by atoms with E-state index in [4.69, 9.17) is 11.6 Å². The summed E-state index contributed by atoms with van der Waals surface area (Å²) in [5, 5.41) is 0. The molecule has 0 spiro atoms. The van der Waals surface area contributed by atoms with E-state index in [1.165, 1.54) is 12.0 Å². The van der Waals surface area contributed by atoms with Crippen molar-refractivity contribution in [1.29, 1.82) is 0 Å². The van der Waals surface area contributed by atoms with Gasteiger partial charge in [-0.05, 0) is 12.8 Å². The van der Waals surface area contributed by atoms with Crippen LogP contribution in [0.1, 0.15) is 19.3 Å². The SMILES string of the molecule is COC(=O)CN(C)C(=O)CCCCCl. The summed E-state index contributed by atoms with van der Waals surface area (Å²) in [6.45, 7) is 0.0101. The molecule has 0 aliphatic rings. The summed E-state index contributed by atoms with van der Waals surface area (Å²) in [6, 6.07) is 0. The Labute approximate surface area is 89.2 Å². The Kier molecular flexibility index (Phi) is 7.20. The van der Waals surface area contributed by atoms with Crippen molar-refractivity contribution < 1.29 is 14.3 Å². The van der Waals surface area contributed by atoms with Gasteiger partial charge in [0.1, 0.15) is 6.54 Å². The van der Waals surface area contributed by atoms with E-state index in [-0.39, 0.29) is 12.5 Å². The molecule has 5 heteroatoms. The van der Waals surface area contributed by atoms with E-state index in [0.29, 0.717) is 12.3 Å². The van der Waals surface area contributed by atoms with Crippen LogP contribution in [0.15, 0.2) is 0 Å². The van der Waals surface area contributed by atoms with Gasteiger partial charge in [0.05, 0.1) is 7.11 Å². The molecule has 0 radical (unpaired) electrons. The number of rotatable bonds is 6. The molecule has 0 aromatic rings. The van der Waals surface area contributed by atoms with Crippen molar-refractivity contribution in [2.75, 3.05) is 26.6 Å². The van der Waals surface area contributed by atoms with Gasteiger partial charge in [0.2, 0.25) is 5.91 Å². The van der Waals surface area contributed by atoms with Gasteiger partial charge < -0.3 is 9.64 Å². The Hall–Kier alpha value is -0.770. The third-order valence-corrected chi connectivity index (χ3v) is 2.06. The maximum absolute atomic E-state index is 11.3. The minimum Gasteiger partial charge on any atom is -0.468 e. The van der Waals surface area contributed by atoms with E-state index >= 15 is 0 Å². The highest BCUT2D eigenvalue weighted by Gasteiger charge is 2.11. The highest BCUT2D eigenvalue weighted by molar-refractivity contribution is 6.17. The molecule has 0 aromatic carbocycles. The van der Waals surface area contributed by atoms with Gasteiger partial charge in [0.15, 0.2) is 0 Å². The zero-order valence-corrected chi connectivity index (χ0v) is 9.34. The fraction of sp³-hybridized carbons (Fsp3) is 0.778. The van der Waals surface area contributed by atoms with E-state index in [1.807, 2.05) is 0 Å². The summed E-state index contributed by atoms with van der Waals surface area (Å²) in [6.07, 6.45) is 2.01. The number of alkyl halides is 1. The van der Waals surface area contributed by atoms with Crippen LogP contribution in [0.2, 0.25) is 0 Å². The number of unbranched alkanes of at least 4 members (excludes halogenated alkanes) is 1. The maximum atomic E-state index is 11.3. The zero-order chi connectivity index (χ0) is 11.0. The van der Waals surface area contributed by atoms with Crippen molar-refractivity contribution in [2.24, 2.45) is 0 Å². The van der Waals surface area contributed by atoms with Crippen LogP contribution in [0, 0.1) is 0 Å². The predicted octanol–water partition coefficient (Wildman–Crippen LogP) is 1.03. The number of amides is 1. The molecule has 0 unspecified atom stereocenters. The molecule has 4 nitrogen and oxygen atoms in total. The van der Waals surface area contributed by atoms with Crippen LogP contribution >= 0.6 is 11.6 Å². The van der Waals surface area contributed by atoms with Crippen molar-refractivity contribution in [3.05, 3.63) is 0 Å². The monoisotopic (exact) mass is 221 g/mol. The summed E-state index contributed by atoms with van der Waals surface area (Å²) in [5.74, 6) is 0.104. The Morgan fingerprint density at radius 2 is 2.00 bits per heavy atom. The van der Waals surface area contributed by atoms with Gasteiger partial charge in [-0.25, -0.2) is 0 Å². The zero-order valence-electron chi connectivity index (χ0n) is 8.59. The number of halogens is 1. The first-order chi connectivity index (χ1) is 6.61. The predicted molar refractivity (Wildman–Crippen MR) is 54.2 cm³/mol.